The molecule has 3 N–H and O–H groups in total. The standard InChI is InChI=1S/C22H27N3O2S/c1-15(17-9-5-6-10-19(17)27-3)13-24-22(23-2)25-14-18(26)21-12-16-8-4-7-11-20(16)28-21/h4-12,15,18,26H,13-14H2,1-3H3,(H2,23,24,25). The van der Waals surface area contributed by atoms with E-state index < -0.39 is 6.10 Å². The Labute approximate surface area is 170 Å². The van der Waals surface area contributed by atoms with E-state index in [0.29, 0.717) is 19.0 Å². The summed E-state index contributed by atoms with van der Waals surface area (Å²) >= 11 is 1.62. The monoisotopic (exact) mass is 397 g/mol. The van der Waals surface area contributed by atoms with Gasteiger partial charge in [0.25, 0.3) is 0 Å². The molecule has 148 valence electrons. The molecule has 0 aliphatic carbocycles. The number of guanidine groups is 1. The Morgan fingerprint density at radius 2 is 1.82 bits per heavy atom. The van der Waals surface area contributed by atoms with Crippen molar-refractivity contribution < 1.29 is 9.84 Å². The van der Waals surface area contributed by atoms with E-state index in [9.17, 15) is 5.11 Å². The van der Waals surface area contributed by atoms with Gasteiger partial charge in [-0.05, 0) is 29.1 Å². The summed E-state index contributed by atoms with van der Waals surface area (Å²) < 4.78 is 6.63. The van der Waals surface area contributed by atoms with Crippen LogP contribution in [0.4, 0.5) is 0 Å². The molecule has 0 amide bonds. The largest absolute Gasteiger partial charge is 0.496 e. The molecule has 3 aromatic rings. The summed E-state index contributed by atoms with van der Waals surface area (Å²) in [6, 6.07) is 18.2. The number of nitrogens with one attached hydrogen (secondary N) is 2. The lowest BCUT2D eigenvalue weighted by atomic mass is 10.0. The highest BCUT2D eigenvalue weighted by Crippen LogP contribution is 2.29. The van der Waals surface area contributed by atoms with E-state index in [1.807, 2.05) is 36.4 Å². The Balaban J connectivity index is 1.54. The third kappa shape index (κ3) is 4.82. The van der Waals surface area contributed by atoms with Crippen molar-refractivity contribution in [3.63, 3.8) is 0 Å². The smallest absolute Gasteiger partial charge is 0.191 e. The molecule has 6 heteroatoms. The molecule has 0 bridgehead atoms. The minimum absolute atomic E-state index is 0.252. The van der Waals surface area contributed by atoms with Crippen molar-refractivity contribution in [2.24, 2.45) is 4.99 Å². The highest BCUT2D eigenvalue weighted by molar-refractivity contribution is 7.19. The summed E-state index contributed by atoms with van der Waals surface area (Å²) in [6.07, 6.45) is -0.581. The Morgan fingerprint density at radius 3 is 2.57 bits per heavy atom. The number of para-hydroxylation sites is 1. The molecule has 3 rings (SSSR count). The summed E-state index contributed by atoms with van der Waals surface area (Å²) in [5.74, 6) is 1.81. The number of benzene rings is 2. The van der Waals surface area contributed by atoms with Gasteiger partial charge in [0.05, 0.1) is 7.11 Å². The Kier molecular flexibility index (Phi) is 6.90. The first-order chi connectivity index (χ1) is 13.6. The van der Waals surface area contributed by atoms with Crippen LogP contribution in [0.3, 0.4) is 0 Å². The van der Waals surface area contributed by atoms with E-state index in [1.165, 1.54) is 4.70 Å². The maximum atomic E-state index is 10.5. The molecular formula is C22H27N3O2S. The molecule has 28 heavy (non-hydrogen) atoms. The van der Waals surface area contributed by atoms with Crippen LogP contribution in [0.1, 0.15) is 29.4 Å². The van der Waals surface area contributed by atoms with Gasteiger partial charge < -0.3 is 20.5 Å². The van der Waals surface area contributed by atoms with Gasteiger partial charge in [0.1, 0.15) is 11.9 Å². The molecule has 0 saturated carbocycles. The van der Waals surface area contributed by atoms with E-state index in [4.69, 9.17) is 4.74 Å². The van der Waals surface area contributed by atoms with Crippen molar-refractivity contribution in [1.29, 1.82) is 0 Å². The molecule has 1 aromatic heterocycles. The number of thiophene rings is 1. The molecular weight excluding hydrogens is 370 g/mol. The number of aliphatic hydroxyl groups is 1. The maximum absolute atomic E-state index is 10.5. The second-order valence-corrected chi connectivity index (χ2v) is 7.79. The zero-order valence-corrected chi connectivity index (χ0v) is 17.3. The molecule has 2 atom stereocenters. The van der Waals surface area contributed by atoms with Crippen LogP contribution < -0.4 is 15.4 Å². The molecule has 5 nitrogen and oxygen atoms in total. The van der Waals surface area contributed by atoms with Crippen molar-refractivity contribution in [1.82, 2.24) is 10.6 Å². The molecule has 0 aliphatic heterocycles. The first kappa shape index (κ1) is 20.2. The van der Waals surface area contributed by atoms with Gasteiger partial charge in [-0.2, -0.15) is 0 Å². The Morgan fingerprint density at radius 1 is 1.11 bits per heavy atom. The number of rotatable bonds is 7. The van der Waals surface area contributed by atoms with Gasteiger partial charge in [0.15, 0.2) is 5.96 Å². The van der Waals surface area contributed by atoms with Gasteiger partial charge in [0, 0.05) is 35.6 Å². The van der Waals surface area contributed by atoms with E-state index in [2.05, 4.69) is 40.7 Å². The number of nitrogens with zero attached hydrogens (tertiary/aromatic N) is 1. The van der Waals surface area contributed by atoms with Crippen LogP contribution in [-0.2, 0) is 0 Å². The van der Waals surface area contributed by atoms with Crippen molar-refractivity contribution in [2.75, 3.05) is 27.2 Å². The second kappa shape index (κ2) is 9.57. The lowest BCUT2D eigenvalue weighted by Gasteiger charge is -2.19. The molecule has 2 unspecified atom stereocenters. The van der Waals surface area contributed by atoms with E-state index >= 15 is 0 Å². The van der Waals surface area contributed by atoms with Crippen LogP contribution in [0.5, 0.6) is 5.75 Å². The van der Waals surface area contributed by atoms with E-state index in [-0.39, 0.29) is 5.92 Å². The quantitative estimate of drug-likeness (QED) is 0.418. The zero-order chi connectivity index (χ0) is 19.9. The molecule has 1 heterocycles. The molecule has 2 aromatic carbocycles. The van der Waals surface area contributed by atoms with Crippen LogP contribution in [-0.4, -0.2) is 38.3 Å². The van der Waals surface area contributed by atoms with Crippen LogP contribution in [0, 0.1) is 0 Å². The Bertz CT molecular complexity index is 905. The number of aliphatic imine (C=N–C) groups is 1. The topological polar surface area (TPSA) is 65.9 Å². The fourth-order valence-corrected chi connectivity index (χ4v) is 4.17. The molecule has 0 spiro atoms. The predicted octanol–water partition coefficient (Wildman–Crippen LogP) is 3.91. The number of hydrogen-bond donors (Lipinski definition) is 3. The van der Waals surface area contributed by atoms with Gasteiger partial charge in [-0.3, -0.25) is 4.99 Å². The lowest BCUT2D eigenvalue weighted by molar-refractivity contribution is 0.184. The zero-order valence-electron chi connectivity index (χ0n) is 16.5. The fourth-order valence-electron chi connectivity index (χ4n) is 3.11. The van der Waals surface area contributed by atoms with Crippen molar-refractivity contribution >= 4 is 27.4 Å². The van der Waals surface area contributed by atoms with E-state index in [1.54, 1.807) is 25.5 Å². The summed E-state index contributed by atoms with van der Waals surface area (Å²) in [7, 11) is 3.42. The van der Waals surface area contributed by atoms with Crippen LogP contribution in [0.25, 0.3) is 10.1 Å². The van der Waals surface area contributed by atoms with Gasteiger partial charge in [-0.25, -0.2) is 0 Å². The van der Waals surface area contributed by atoms with Crippen LogP contribution >= 0.6 is 11.3 Å². The molecule has 0 fully saturated rings. The molecule has 0 saturated heterocycles. The van der Waals surface area contributed by atoms with Crippen molar-refractivity contribution in [3.05, 3.63) is 65.0 Å². The number of fused-ring (bicyclic) bond motifs is 1. The number of methoxy groups -OCH3 is 1. The molecule has 0 radical (unpaired) electrons. The maximum Gasteiger partial charge on any atom is 0.191 e. The van der Waals surface area contributed by atoms with Gasteiger partial charge in [0.2, 0.25) is 0 Å². The van der Waals surface area contributed by atoms with Gasteiger partial charge in [-0.1, -0.05) is 43.3 Å². The average Bonchev–Trinajstić information content (AvgIpc) is 3.17. The van der Waals surface area contributed by atoms with Gasteiger partial charge in [-0.15, -0.1) is 11.3 Å². The summed E-state index contributed by atoms with van der Waals surface area (Å²) in [5.41, 5.74) is 1.15. The number of hydrogen-bond acceptors (Lipinski definition) is 4. The van der Waals surface area contributed by atoms with E-state index in [0.717, 1.165) is 21.6 Å². The highest BCUT2D eigenvalue weighted by atomic mass is 32.1. The summed E-state index contributed by atoms with van der Waals surface area (Å²) in [5, 5.41) is 18.2. The molecule has 0 aliphatic rings. The van der Waals surface area contributed by atoms with Gasteiger partial charge >= 0.3 is 0 Å². The van der Waals surface area contributed by atoms with Crippen LogP contribution in [0.15, 0.2) is 59.6 Å². The first-order valence-electron chi connectivity index (χ1n) is 9.36. The first-order valence-corrected chi connectivity index (χ1v) is 10.2. The number of ether oxygens (including phenoxy) is 1. The van der Waals surface area contributed by atoms with Crippen molar-refractivity contribution in [3.8, 4) is 5.75 Å². The minimum atomic E-state index is -0.581. The highest BCUT2D eigenvalue weighted by Gasteiger charge is 2.14. The summed E-state index contributed by atoms with van der Waals surface area (Å²) in [4.78, 5) is 5.21. The van der Waals surface area contributed by atoms with Crippen LogP contribution in [0.2, 0.25) is 0 Å². The predicted molar refractivity (Wildman–Crippen MR) is 118 cm³/mol. The average molecular weight is 398 g/mol. The fraction of sp³-hybridized carbons (Fsp3) is 0.318. The number of aliphatic hydroxyl groups excluding tert-OH is 1. The third-order valence-electron chi connectivity index (χ3n) is 4.71. The summed E-state index contributed by atoms with van der Waals surface area (Å²) in [6.45, 7) is 3.25. The Hall–Kier alpha value is -2.57. The minimum Gasteiger partial charge on any atom is -0.496 e. The normalized spacial score (nSPS) is 13.9. The second-order valence-electron chi connectivity index (χ2n) is 6.68. The SMILES string of the molecule is CN=C(NCC(C)c1ccccc1OC)NCC(O)c1cc2ccccc2s1. The third-order valence-corrected chi connectivity index (χ3v) is 5.92. The van der Waals surface area contributed by atoms with Crippen molar-refractivity contribution in [2.45, 2.75) is 18.9 Å². The lowest BCUT2D eigenvalue weighted by Crippen LogP contribution is -2.40.